The van der Waals surface area contributed by atoms with Gasteiger partial charge in [-0.1, -0.05) is 0 Å². The molecule has 3 aliphatic heterocycles. The molecule has 0 saturated carbocycles. The van der Waals surface area contributed by atoms with Crippen LogP contribution in [-0.2, 0) is 23.7 Å². The lowest BCUT2D eigenvalue weighted by Gasteiger charge is -2.25. The summed E-state index contributed by atoms with van der Waals surface area (Å²) in [5.74, 6) is -1.44. The Morgan fingerprint density at radius 1 is 0.889 bits per heavy atom. The Hall–Kier alpha value is -0.270. The van der Waals surface area contributed by atoms with E-state index in [9.17, 15) is 4.39 Å². The molecule has 104 valence electrons. The fraction of sp³-hybridized carbons (Fsp3) is 1.00. The lowest BCUT2D eigenvalue weighted by Crippen LogP contribution is -2.40. The van der Waals surface area contributed by atoms with Crippen molar-refractivity contribution in [3.05, 3.63) is 0 Å². The van der Waals surface area contributed by atoms with Crippen molar-refractivity contribution in [2.24, 2.45) is 0 Å². The summed E-state index contributed by atoms with van der Waals surface area (Å²) in [4.78, 5) is 0. The third kappa shape index (κ3) is 2.06. The van der Waals surface area contributed by atoms with Gasteiger partial charge in [-0.25, -0.2) is 4.39 Å². The van der Waals surface area contributed by atoms with E-state index < -0.39 is 36.2 Å². The van der Waals surface area contributed by atoms with Crippen molar-refractivity contribution in [1.82, 2.24) is 0 Å². The zero-order valence-electron chi connectivity index (χ0n) is 11.0. The number of alkyl halides is 1. The first-order valence-corrected chi connectivity index (χ1v) is 6.24. The molecule has 0 radical (unpaired) electrons. The highest BCUT2D eigenvalue weighted by Crippen LogP contribution is 2.42. The molecule has 3 aliphatic rings. The number of hydrogen-bond acceptors (Lipinski definition) is 5. The number of ether oxygens (including phenoxy) is 5. The highest BCUT2D eigenvalue weighted by molar-refractivity contribution is 4.99. The van der Waals surface area contributed by atoms with Gasteiger partial charge in [-0.05, 0) is 27.7 Å². The van der Waals surface area contributed by atoms with Crippen LogP contribution in [0.4, 0.5) is 4.39 Å². The van der Waals surface area contributed by atoms with Crippen LogP contribution in [0.3, 0.4) is 0 Å². The lowest BCUT2D eigenvalue weighted by molar-refractivity contribution is -0.221. The molecule has 0 aromatic carbocycles. The van der Waals surface area contributed by atoms with Crippen molar-refractivity contribution in [3.8, 4) is 0 Å². The summed E-state index contributed by atoms with van der Waals surface area (Å²) in [5.41, 5.74) is 0. The van der Waals surface area contributed by atoms with Crippen LogP contribution in [0, 0.1) is 0 Å². The summed E-state index contributed by atoms with van der Waals surface area (Å²) in [6, 6.07) is 0. The zero-order valence-corrected chi connectivity index (χ0v) is 11.0. The van der Waals surface area contributed by atoms with E-state index in [0.717, 1.165) is 0 Å². The van der Waals surface area contributed by atoms with Crippen LogP contribution in [0.25, 0.3) is 0 Å². The Morgan fingerprint density at radius 3 is 2.17 bits per heavy atom. The van der Waals surface area contributed by atoms with Gasteiger partial charge in [0.25, 0.3) is 0 Å². The summed E-state index contributed by atoms with van der Waals surface area (Å²) < 4.78 is 41.5. The maximum Gasteiger partial charge on any atom is 0.228 e. The molecule has 5 nitrogen and oxygen atoms in total. The second-order valence-corrected chi connectivity index (χ2v) is 5.88. The lowest BCUT2D eigenvalue weighted by atomic mass is 10.1. The van der Waals surface area contributed by atoms with Crippen molar-refractivity contribution in [2.75, 3.05) is 6.61 Å². The second kappa shape index (κ2) is 3.86. The summed E-state index contributed by atoms with van der Waals surface area (Å²) >= 11 is 0. The molecule has 0 aromatic heterocycles. The first-order valence-electron chi connectivity index (χ1n) is 6.24. The minimum atomic E-state index is -1.48. The third-order valence-electron chi connectivity index (χ3n) is 3.43. The van der Waals surface area contributed by atoms with Crippen molar-refractivity contribution < 1.29 is 28.1 Å². The minimum absolute atomic E-state index is 0.328. The fourth-order valence-corrected chi connectivity index (χ4v) is 2.76. The molecule has 3 heterocycles. The van der Waals surface area contributed by atoms with Crippen LogP contribution in [0.2, 0.25) is 0 Å². The Kier molecular flexibility index (Phi) is 2.74. The van der Waals surface area contributed by atoms with Crippen LogP contribution < -0.4 is 0 Å². The molecule has 3 fully saturated rings. The average Bonchev–Trinajstić information content (AvgIpc) is 2.81. The monoisotopic (exact) mass is 262 g/mol. The Morgan fingerprint density at radius 2 is 1.56 bits per heavy atom. The quantitative estimate of drug-likeness (QED) is 0.714. The van der Waals surface area contributed by atoms with E-state index in [-0.39, 0.29) is 6.10 Å². The maximum atomic E-state index is 13.8. The normalized spacial score (nSPS) is 49.5. The molecule has 0 spiro atoms. The molecule has 0 amide bonds. The van der Waals surface area contributed by atoms with Crippen LogP contribution in [0.5, 0.6) is 0 Å². The van der Waals surface area contributed by atoms with Gasteiger partial charge in [-0.15, -0.1) is 0 Å². The first kappa shape index (κ1) is 12.7. The summed E-state index contributed by atoms with van der Waals surface area (Å²) in [6.45, 7) is 7.55. The molecule has 5 unspecified atom stereocenters. The fourth-order valence-electron chi connectivity index (χ4n) is 2.76. The van der Waals surface area contributed by atoms with E-state index >= 15 is 0 Å². The van der Waals surface area contributed by atoms with E-state index in [0.29, 0.717) is 6.61 Å². The van der Waals surface area contributed by atoms with Gasteiger partial charge >= 0.3 is 0 Å². The van der Waals surface area contributed by atoms with Gasteiger partial charge in [0.1, 0.15) is 24.4 Å². The molecule has 0 aliphatic carbocycles. The van der Waals surface area contributed by atoms with E-state index in [1.54, 1.807) is 13.8 Å². The Bertz CT molecular complexity index is 345. The van der Waals surface area contributed by atoms with Gasteiger partial charge in [0, 0.05) is 0 Å². The van der Waals surface area contributed by atoms with E-state index in [2.05, 4.69) is 0 Å². The van der Waals surface area contributed by atoms with Crippen LogP contribution in [0.15, 0.2) is 0 Å². The van der Waals surface area contributed by atoms with Gasteiger partial charge in [-0.2, -0.15) is 0 Å². The number of hydrogen-bond donors (Lipinski definition) is 0. The molecule has 6 heteroatoms. The number of fused-ring (bicyclic) bond motifs is 1. The molecule has 3 saturated heterocycles. The van der Waals surface area contributed by atoms with E-state index in [4.69, 9.17) is 23.7 Å². The Balaban J connectivity index is 1.75. The third-order valence-corrected chi connectivity index (χ3v) is 3.43. The Labute approximate surface area is 105 Å². The SMILES string of the molecule is CC1(C)OCC(C2OC(F)C3OC(C)(C)OC32)O1. The summed E-state index contributed by atoms with van der Waals surface area (Å²) in [6.07, 6.45) is -3.43. The molecule has 0 N–H and O–H groups in total. The molecule has 3 rings (SSSR count). The van der Waals surface area contributed by atoms with Gasteiger partial charge in [0.15, 0.2) is 11.6 Å². The van der Waals surface area contributed by atoms with Gasteiger partial charge in [0.05, 0.1) is 6.61 Å². The van der Waals surface area contributed by atoms with Crippen LogP contribution in [-0.4, -0.2) is 49.0 Å². The largest absolute Gasteiger partial charge is 0.348 e. The average molecular weight is 262 g/mol. The predicted octanol–water partition coefficient (Wildman–Crippen LogP) is 1.35. The van der Waals surface area contributed by atoms with Gasteiger partial charge < -0.3 is 23.7 Å². The topological polar surface area (TPSA) is 46.2 Å². The first-order chi connectivity index (χ1) is 8.27. The van der Waals surface area contributed by atoms with Crippen molar-refractivity contribution in [1.29, 1.82) is 0 Å². The van der Waals surface area contributed by atoms with Gasteiger partial charge in [-0.3, -0.25) is 0 Å². The number of halogens is 1. The maximum absolute atomic E-state index is 13.8. The van der Waals surface area contributed by atoms with E-state index in [1.165, 1.54) is 0 Å². The molecular formula is C12H19FO5. The van der Waals surface area contributed by atoms with Crippen molar-refractivity contribution in [2.45, 2.75) is 70.0 Å². The summed E-state index contributed by atoms with van der Waals surface area (Å²) in [5, 5.41) is 0. The minimum Gasteiger partial charge on any atom is -0.348 e. The standard InChI is InChI=1S/C12H19FO5/c1-11(2)14-5-6(16-11)7-8-9(10(13)15-7)18-12(3,4)17-8/h6-10H,5H2,1-4H3. The molecule has 5 atom stereocenters. The van der Waals surface area contributed by atoms with E-state index in [1.807, 2.05) is 13.8 Å². The van der Waals surface area contributed by atoms with Crippen LogP contribution >= 0.6 is 0 Å². The molecule has 0 bridgehead atoms. The molecule has 0 aromatic rings. The predicted molar refractivity (Wildman–Crippen MR) is 58.5 cm³/mol. The highest BCUT2D eigenvalue weighted by Gasteiger charge is 2.59. The summed E-state index contributed by atoms with van der Waals surface area (Å²) in [7, 11) is 0. The van der Waals surface area contributed by atoms with Crippen molar-refractivity contribution in [3.63, 3.8) is 0 Å². The molecular weight excluding hydrogens is 243 g/mol. The van der Waals surface area contributed by atoms with Crippen LogP contribution in [0.1, 0.15) is 27.7 Å². The zero-order chi connectivity index (χ0) is 13.1. The van der Waals surface area contributed by atoms with Crippen molar-refractivity contribution >= 4 is 0 Å². The smallest absolute Gasteiger partial charge is 0.228 e. The van der Waals surface area contributed by atoms with Gasteiger partial charge in [0.2, 0.25) is 6.36 Å². The number of rotatable bonds is 1. The second-order valence-electron chi connectivity index (χ2n) is 5.88. The highest BCUT2D eigenvalue weighted by atomic mass is 19.1. The molecule has 18 heavy (non-hydrogen) atoms.